The molecule has 0 atom stereocenters. The van der Waals surface area contributed by atoms with Gasteiger partial charge in [-0.05, 0) is 38.8 Å². The van der Waals surface area contributed by atoms with E-state index in [1.807, 2.05) is 19.1 Å². The second kappa shape index (κ2) is 5.61. The molecular formula is C13H19NO4S. The van der Waals surface area contributed by atoms with Crippen LogP contribution < -0.4 is 4.31 Å². The number of carboxylic acids is 1. The minimum Gasteiger partial charge on any atom is -0.480 e. The maximum Gasteiger partial charge on any atom is 0.324 e. The van der Waals surface area contributed by atoms with Crippen molar-refractivity contribution in [2.45, 2.75) is 27.7 Å². The lowest BCUT2D eigenvalue weighted by atomic mass is 10.1. The van der Waals surface area contributed by atoms with E-state index in [4.69, 9.17) is 5.11 Å². The summed E-state index contributed by atoms with van der Waals surface area (Å²) in [7, 11) is -3.61. The Hall–Kier alpha value is -1.56. The van der Waals surface area contributed by atoms with Crippen LogP contribution in [-0.4, -0.2) is 31.8 Å². The largest absolute Gasteiger partial charge is 0.480 e. The molecule has 0 saturated carbocycles. The van der Waals surface area contributed by atoms with Gasteiger partial charge in [-0.25, -0.2) is 8.42 Å². The third-order valence-corrected chi connectivity index (χ3v) is 4.58. The van der Waals surface area contributed by atoms with Crippen LogP contribution in [0.5, 0.6) is 0 Å². The number of aliphatic carboxylic acids is 1. The Balaban J connectivity index is 3.46. The molecule has 0 aliphatic carbocycles. The molecule has 0 unspecified atom stereocenters. The molecule has 1 rings (SSSR count). The zero-order valence-electron chi connectivity index (χ0n) is 11.6. The molecule has 0 spiro atoms. The average molecular weight is 285 g/mol. The molecule has 0 aliphatic heterocycles. The van der Waals surface area contributed by atoms with E-state index in [9.17, 15) is 13.2 Å². The van der Waals surface area contributed by atoms with Crippen LogP contribution in [0.3, 0.4) is 0 Å². The molecule has 0 radical (unpaired) electrons. The highest BCUT2D eigenvalue weighted by Gasteiger charge is 2.26. The molecule has 0 bridgehead atoms. The van der Waals surface area contributed by atoms with E-state index in [0.29, 0.717) is 5.69 Å². The number of sulfonamides is 1. The Labute approximate surface area is 113 Å². The molecule has 1 aromatic rings. The summed E-state index contributed by atoms with van der Waals surface area (Å²) in [6.45, 7) is 6.44. The van der Waals surface area contributed by atoms with E-state index in [1.54, 1.807) is 13.8 Å². The van der Waals surface area contributed by atoms with Gasteiger partial charge in [-0.1, -0.05) is 17.7 Å². The van der Waals surface area contributed by atoms with E-state index in [-0.39, 0.29) is 5.75 Å². The SMILES string of the molecule is CCS(=O)(=O)N(CC(=O)O)c1c(C)cc(C)cc1C. The standard InChI is InChI=1S/C13H19NO4S/c1-5-19(17,18)14(8-12(15)16)13-10(3)6-9(2)7-11(13)4/h6-7H,5,8H2,1-4H3,(H,15,16). The lowest BCUT2D eigenvalue weighted by Gasteiger charge is -2.25. The van der Waals surface area contributed by atoms with E-state index in [2.05, 4.69) is 0 Å². The fourth-order valence-electron chi connectivity index (χ4n) is 2.16. The van der Waals surface area contributed by atoms with Crippen LogP contribution in [0.25, 0.3) is 0 Å². The van der Waals surface area contributed by atoms with Gasteiger partial charge in [0.2, 0.25) is 10.0 Å². The van der Waals surface area contributed by atoms with Crippen molar-refractivity contribution in [2.75, 3.05) is 16.6 Å². The first-order valence-corrected chi connectivity index (χ1v) is 7.60. The van der Waals surface area contributed by atoms with Crippen molar-refractivity contribution in [3.63, 3.8) is 0 Å². The van der Waals surface area contributed by atoms with Crippen LogP contribution in [0.2, 0.25) is 0 Å². The maximum absolute atomic E-state index is 12.1. The molecule has 106 valence electrons. The van der Waals surface area contributed by atoms with Crippen LogP contribution in [0.4, 0.5) is 5.69 Å². The molecule has 1 aromatic carbocycles. The Morgan fingerprint density at radius 2 is 1.68 bits per heavy atom. The average Bonchev–Trinajstić information content (AvgIpc) is 2.25. The van der Waals surface area contributed by atoms with Crippen molar-refractivity contribution >= 4 is 21.7 Å². The predicted molar refractivity (Wildman–Crippen MR) is 75.1 cm³/mol. The third-order valence-electron chi connectivity index (χ3n) is 2.86. The monoisotopic (exact) mass is 285 g/mol. The van der Waals surface area contributed by atoms with Crippen LogP contribution in [0, 0.1) is 20.8 Å². The second-order valence-corrected chi connectivity index (χ2v) is 6.73. The molecule has 5 nitrogen and oxygen atoms in total. The van der Waals surface area contributed by atoms with Crippen molar-refractivity contribution in [3.8, 4) is 0 Å². The summed E-state index contributed by atoms with van der Waals surface area (Å²) in [6.07, 6.45) is 0. The van der Waals surface area contributed by atoms with E-state index in [1.165, 1.54) is 6.92 Å². The van der Waals surface area contributed by atoms with Gasteiger partial charge < -0.3 is 5.11 Å². The number of nitrogens with zero attached hydrogens (tertiary/aromatic N) is 1. The summed E-state index contributed by atoms with van der Waals surface area (Å²) < 4.78 is 25.2. The third kappa shape index (κ3) is 3.47. The van der Waals surface area contributed by atoms with Crippen LogP contribution in [-0.2, 0) is 14.8 Å². The van der Waals surface area contributed by atoms with E-state index in [0.717, 1.165) is 21.0 Å². The first-order chi connectivity index (χ1) is 8.69. The predicted octanol–water partition coefficient (Wildman–Crippen LogP) is 1.85. The molecule has 6 heteroatoms. The van der Waals surface area contributed by atoms with Gasteiger partial charge in [0, 0.05) is 0 Å². The van der Waals surface area contributed by atoms with Crippen molar-refractivity contribution in [2.24, 2.45) is 0 Å². The summed E-state index contributed by atoms with van der Waals surface area (Å²) in [5.74, 6) is -1.30. The fraction of sp³-hybridized carbons (Fsp3) is 0.462. The molecule has 0 aromatic heterocycles. The molecule has 19 heavy (non-hydrogen) atoms. The quantitative estimate of drug-likeness (QED) is 0.896. The summed E-state index contributed by atoms with van der Waals surface area (Å²) in [6, 6.07) is 3.70. The normalized spacial score (nSPS) is 11.4. The van der Waals surface area contributed by atoms with Crippen LogP contribution in [0.15, 0.2) is 12.1 Å². The Morgan fingerprint density at radius 1 is 1.21 bits per heavy atom. The first kappa shape index (κ1) is 15.5. The molecular weight excluding hydrogens is 266 g/mol. The van der Waals surface area contributed by atoms with Gasteiger partial charge in [0.25, 0.3) is 0 Å². The Morgan fingerprint density at radius 3 is 2.05 bits per heavy atom. The maximum atomic E-state index is 12.1. The zero-order chi connectivity index (χ0) is 14.8. The minimum absolute atomic E-state index is 0.132. The molecule has 0 amide bonds. The zero-order valence-corrected chi connectivity index (χ0v) is 12.4. The number of aryl methyl sites for hydroxylation is 3. The van der Waals surface area contributed by atoms with Gasteiger partial charge in [0.05, 0.1) is 11.4 Å². The van der Waals surface area contributed by atoms with Crippen LogP contribution in [0.1, 0.15) is 23.6 Å². The number of hydrogen-bond acceptors (Lipinski definition) is 3. The van der Waals surface area contributed by atoms with Crippen molar-refractivity contribution in [1.82, 2.24) is 0 Å². The van der Waals surface area contributed by atoms with Crippen LogP contribution >= 0.6 is 0 Å². The molecule has 1 N–H and O–H groups in total. The highest BCUT2D eigenvalue weighted by Crippen LogP contribution is 2.28. The minimum atomic E-state index is -3.61. The van der Waals surface area contributed by atoms with Crippen molar-refractivity contribution < 1.29 is 18.3 Å². The van der Waals surface area contributed by atoms with Gasteiger partial charge in [-0.3, -0.25) is 9.10 Å². The number of carboxylic acid groups (broad SMARTS) is 1. The number of benzene rings is 1. The molecule has 0 saturated heterocycles. The van der Waals surface area contributed by atoms with E-state index >= 15 is 0 Å². The number of carbonyl (C=O) groups is 1. The molecule has 0 fully saturated rings. The summed E-state index contributed by atoms with van der Waals surface area (Å²) in [5.41, 5.74) is 3.00. The van der Waals surface area contributed by atoms with E-state index < -0.39 is 22.5 Å². The highest BCUT2D eigenvalue weighted by molar-refractivity contribution is 7.92. The van der Waals surface area contributed by atoms with Crippen molar-refractivity contribution in [1.29, 1.82) is 0 Å². The number of hydrogen-bond donors (Lipinski definition) is 1. The van der Waals surface area contributed by atoms with Gasteiger partial charge in [-0.2, -0.15) is 0 Å². The molecule has 0 aliphatic rings. The lowest BCUT2D eigenvalue weighted by molar-refractivity contribution is -0.135. The fourth-order valence-corrected chi connectivity index (χ4v) is 3.35. The van der Waals surface area contributed by atoms with Gasteiger partial charge in [-0.15, -0.1) is 0 Å². The summed E-state index contributed by atoms with van der Waals surface area (Å²) in [5, 5.41) is 8.93. The number of rotatable bonds is 5. The summed E-state index contributed by atoms with van der Waals surface area (Å²) >= 11 is 0. The summed E-state index contributed by atoms with van der Waals surface area (Å²) in [4.78, 5) is 10.9. The Kier molecular flexibility index (Phi) is 4.57. The van der Waals surface area contributed by atoms with Gasteiger partial charge >= 0.3 is 5.97 Å². The lowest BCUT2D eigenvalue weighted by Crippen LogP contribution is -2.37. The Bertz CT molecular complexity index is 570. The van der Waals surface area contributed by atoms with Crippen molar-refractivity contribution in [3.05, 3.63) is 28.8 Å². The highest BCUT2D eigenvalue weighted by atomic mass is 32.2. The smallest absolute Gasteiger partial charge is 0.324 e. The number of anilines is 1. The molecule has 0 heterocycles. The van der Waals surface area contributed by atoms with Gasteiger partial charge in [0.15, 0.2) is 0 Å². The van der Waals surface area contributed by atoms with Gasteiger partial charge in [0.1, 0.15) is 6.54 Å². The first-order valence-electron chi connectivity index (χ1n) is 5.99. The second-order valence-electron chi connectivity index (χ2n) is 4.55. The topological polar surface area (TPSA) is 74.7 Å².